The molecule has 1 N–H and O–H groups in total. The van der Waals surface area contributed by atoms with Crippen molar-refractivity contribution in [1.29, 1.82) is 0 Å². The van der Waals surface area contributed by atoms with Gasteiger partial charge in [-0.15, -0.1) is 11.3 Å². The summed E-state index contributed by atoms with van der Waals surface area (Å²) in [5, 5.41) is 1.88. The third-order valence-electron chi connectivity index (χ3n) is 4.68. The molecule has 2 aromatic heterocycles. The van der Waals surface area contributed by atoms with Crippen molar-refractivity contribution in [2.75, 3.05) is 4.90 Å². The first-order valence-electron chi connectivity index (χ1n) is 10.2. The average molecular weight is 474 g/mol. The minimum atomic E-state index is -0.661. The highest BCUT2D eigenvalue weighted by molar-refractivity contribution is 7.14. The smallest absolute Gasteiger partial charge is 0.355 e. The Labute approximate surface area is 194 Å². The van der Waals surface area contributed by atoms with Crippen molar-refractivity contribution < 1.29 is 28.2 Å². The SMILES string of the molecule is CC(=O)N(c1nc(COC(=O)c2[nH]c(C)c(C(=O)OC(C)C)c2C)cs1)c1ccccc1F. The first-order valence-corrected chi connectivity index (χ1v) is 11.0. The summed E-state index contributed by atoms with van der Waals surface area (Å²) in [5.41, 5.74) is 1.86. The Morgan fingerprint density at radius 1 is 1.18 bits per heavy atom. The highest BCUT2D eigenvalue weighted by Gasteiger charge is 2.25. The van der Waals surface area contributed by atoms with Crippen molar-refractivity contribution in [2.45, 2.75) is 47.3 Å². The second kappa shape index (κ2) is 9.95. The van der Waals surface area contributed by atoms with Crippen LogP contribution in [0.4, 0.5) is 15.2 Å². The summed E-state index contributed by atoms with van der Waals surface area (Å²) in [4.78, 5) is 45.4. The number of anilines is 2. The first kappa shape index (κ1) is 24.1. The number of ether oxygens (including phenoxy) is 2. The van der Waals surface area contributed by atoms with Gasteiger partial charge in [-0.25, -0.2) is 19.0 Å². The quantitative estimate of drug-likeness (QED) is 0.493. The highest BCUT2D eigenvalue weighted by atomic mass is 32.1. The summed E-state index contributed by atoms with van der Waals surface area (Å²) in [6, 6.07) is 5.89. The molecule has 0 saturated heterocycles. The van der Waals surface area contributed by atoms with Crippen LogP contribution in [0.5, 0.6) is 0 Å². The Kier molecular flexibility index (Phi) is 7.27. The second-order valence-corrected chi connectivity index (χ2v) is 8.42. The maximum absolute atomic E-state index is 14.2. The maximum atomic E-state index is 14.2. The molecule has 8 nitrogen and oxygen atoms in total. The van der Waals surface area contributed by atoms with Gasteiger partial charge in [-0.1, -0.05) is 12.1 Å². The van der Waals surface area contributed by atoms with Gasteiger partial charge in [0.25, 0.3) is 0 Å². The molecule has 0 unspecified atom stereocenters. The maximum Gasteiger partial charge on any atom is 0.355 e. The summed E-state index contributed by atoms with van der Waals surface area (Å²) in [7, 11) is 0. The van der Waals surface area contributed by atoms with E-state index in [0.29, 0.717) is 22.5 Å². The number of aryl methyl sites for hydroxylation is 1. The molecular weight excluding hydrogens is 449 g/mol. The molecule has 0 spiro atoms. The lowest BCUT2D eigenvalue weighted by atomic mass is 10.1. The number of benzene rings is 1. The van der Waals surface area contributed by atoms with Gasteiger partial charge in [0, 0.05) is 18.0 Å². The molecule has 3 aromatic rings. The lowest BCUT2D eigenvalue weighted by molar-refractivity contribution is -0.115. The Balaban J connectivity index is 1.74. The number of rotatable bonds is 7. The van der Waals surface area contributed by atoms with Crippen LogP contribution in [0.25, 0.3) is 0 Å². The molecule has 0 bridgehead atoms. The molecule has 1 aromatic carbocycles. The number of carbonyl (C=O) groups excluding carboxylic acids is 3. The lowest BCUT2D eigenvalue weighted by Gasteiger charge is -2.18. The van der Waals surface area contributed by atoms with Crippen LogP contribution in [-0.2, 0) is 20.9 Å². The third-order valence-corrected chi connectivity index (χ3v) is 5.55. The minimum absolute atomic E-state index is 0.0844. The molecule has 0 fully saturated rings. The fourth-order valence-corrected chi connectivity index (χ4v) is 4.12. The standard InChI is InChI=1S/C23H24FN3O5S/c1-12(2)32-21(29)19-13(3)20(25-14(19)4)22(30)31-10-16-11-33-23(26-16)27(15(5)28)18-9-7-6-8-17(18)24/h6-9,11-12,25H,10H2,1-5H3. The summed E-state index contributed by atoms with van der Waals surface area (Å²) < 4.78 is 24.8. The zero-order chi connectivity index (χ0) is 24.3. The first-order chi connectivity index (χ1) is 15.6. The Morgan fingerprint density at radius 3 is 2.52 bits per heavy atom. The Bertz CT molecular complexity index is 1200. The number of hydrogen-bond acceptors (Lipinski definition) is 7. The molecule has 3 rings (SSSR count). The number of aromatic nitrogens is 2. The number of nitrogens with one attached hydrogen (secondary N) is 1. The van der Waals surface area contributed by atoms with Gasteiger partial charge >= 0.3 is 11.9 Å². The fourth-order valence-electron chi connectivity index (χ4n) is 3.25. The predicted molar refractivity (Wildman–Crippen MR) is 121 cm³/mol. The minimum Gasteiger partial charge on any atom is -0.459 e. The van der Waals surface area contributed by atoms with Crippen LogP contribution in [0.3, 0.4) is 0 Å². The van der Waals surface area contributed by atoms with E-state index in [2.05, 4.69) is 9.97 Å². The van der Waals surface area contributed by atoms with Gasteiger partial charge in [0.15, 0.2) is 5.13 Å². The van der Waals surface area contributed by atoms with Gasteiger partial charge in [0.05, 0.1) is 23.0 Å². The number of esters is 2. The van der Waals surface area contributed by atoms with Crippen LogP contribution in [0.15, 0.2) is 29.6 Å². The van der Waals surface area contributed by atoms with Crippen LogP contribution in [0.2, 0.25) is 0 Å². The lowest BCUT2D eigenvalue weighted by Crippen LogP contribution is -2.23. The van der Waals surface area contributed by atoms with Gasteiger partial charge in [0.1, 0.15) is 18.1 Å². The second-order valence-electron chi connectivity index (χ2n) is 7.58. The van der Waals surface area contributed by atoms with Crippen LogP contribution >= 0.6 is 11.3 Å². The van der Waals surface area contributed by atoms with Crippen LogP contribution in [0.1, 0.15) is 58.6 Å². The molecule has 0 aliphatic heterocycles. The van der Waals surface area contributed by atoms with Crippen molar-refractivity contribution in [2.24, 2.45) is 0 Å². The zero-order valence-corrected chi connectivity index (χ0v) is 19.7. The normalized spacial score (nSPS) is 10.9. The van der Waals surface area contributed by atoms with E-state index in [1.165, 1.54) is 25.1 Å². The molecule has 174 valence electrons. The number of thiazole rings is 1. The van der Waals surface area contributed by atoms with Gasteiger partial charge in [-0.2, -0.15) is 0 Å². The Morgan fingerprint density at radius 2 is 1.88 bits per heavy atom. The number of halogens is 1. The molecule has 2 heterocycles. The number of H-pyrrole nitrogens is 1. The van der Waals surface area contributed by atoms with E-state index >= 15 is 0 Å². The van der Waals surface area contributed by atoms with Crippen molar-refractivity contribution in [1.82, 2.24) is 9.97 Å². The molecular formula is C23H24FN3O5S. The number of para-hydroxylation sites is 1. The molecule has 0 aliphatic rings. The van der Waals surface area contributed by atoms with Crippen LogP contribution in [-0.4, -0.2) is 33.9 Å². The van der Waals surface area contributed by atoms with Crippen LogP contribution < -0.4 is 4.90 Å². The number of carbonyl (C=O) groups is 3. The third kappa shape index (κ3) is 5.28. The van der Waals surface area contributed by atoms with E-state index in [-0.39, 0.29) is 29.2 Å². The van der Waals surface area contributed by atoms with Crippen molar-refractivity contribution in [3.05, 3.63) is 63.7 Å². The van der Waals surface area contributed by atoms with Gasteiger partial charge < -0.3 is 14.5 Å². The topological polar surface area (TPSA) is 102 Å². The van der Waals surface area contributed by atoms with E-state index in [9.17, 15) is 18.8 Å². The van der Waals surface area contributed by atoms with E-state index in [4.69, 9.17) is 9.47 Å². The summed E-state index contributed by atoms with van der Waals surface area (Å²) in [6.07, 6.45) is -0.292. The molecule has 0 radical (unpaired) electrons. The number of nitrogens with zero attached hydrogens (tertiary/aromatic N) is 2. The monoisotopic (exact) mass is 473 g/mol. The zero-order valence-electron chi connectivity index (χ0n) is 18.9. The number of amides is 1. The number of hydrogen-bond donors (Lipinski definition) is 1. The van der Waals surface area contributed by atoms with Gasteiger partial charge in [0.2, 0.25) is 5.91 Å². The molecule has 0 aliphatic carbocycles. The van der Waals surface area contributed by atoms with Crippen molar-refractivity contribution >= 4 is 40.0 Å². The van der Waals surface area contributed by atoms with E-state index in [1.54, 1.807) is 39.1 Å². The van der Waals surface area contributed by atoms with Gasteiger partial charge in [-0.05, 0) is 45.4 Å². The predicted octanol–water partition coefficient (Wildman–Crippen LogP) is 4.83. The number of aromatic amines is 1. The van der Waals surface area contributed by atoms with E-state index in [1.807, 2.05) is 0 Å². The average Bonchev–Trinajstić information content (AvgIpc) is 3.31. The molecule has 33 heavy (non-hydrogen) atoms. The largest absolute Gasteiger partial charge is 0.459 e. The van der Waals surface area contributed by atoms with Crippen molar-refractivity contribution in [3.8, 4) is 0 Å². The van der Waals surface area contributed by atoms with E-state index in [0.717, 1.165) is 16.2 Å². The summed E-state index contributed by atoms with van der Waals surface area (Å²) >= 11 is 1.12. The van der Waals surface area contributed by atoms with Crippen LogP contribution in [0, 0.1) is 19.7 Å². The highest BCUT2D eigenvalue weighted by Crippen LogP contribution is 2.31. The molecule has 0 saturated carbocycles. The van der Waals surface area contributed by atoms with Crippen molar-refractivity contribution in [3.63, 3.8) is 0 Å². The van der Waals surface area contributed by atoms with E-state index < -0.39 is 23.7 Å². The summed E-state index contributed by atoms with van der Waals surface area (Å²) in [6.45, 7) is 7.94. The summed E-state index contributed by atoms with van der Waals surface area (Å²) in [5.74, 6) is -2.14. The van der Waals surface area contributed by atoms with Gasteiger partial charge in [-0.3, -0.25) is 9.69 Å². The Hall–Kier alpha value is -3.53. The molecule has 0 atom stereocenters. The molecule has 10 heteroatoms. The fraction of sp³-hybridized carbons (Fsp3) is 0.304. The molecule has 1 amide bonds.